The van der Waals surface area contributed by atoms with Crippen LogP contribution in [0.25, 0.3) is 0 Å². The highest BCUT2D eigenvalue weighted by Gasteiger charge is 2.30. The van der Waals surface area contributed by atoms with Gasteiger partial charge in [-0.3, -0.25) is 4.79 Å². The van der Waals surface area contributed by atoms with Gasteiger partial charge in [0.1, 0.15) is 4.08 Å². The average molecular weight is 220 g/mol. The molecule has 13 heavy (non-hydrogen) atoms. The van der Waals surface area contributed by atoms with E-state index in [0.717, 1.165) is 6.42 Å². The van der Waals surface area contributed by atoms with Gasteiger partial charge in [0.2, 0.25) is 0 Å². The van der Waals surface area contributed by atoms with Crippen molar-refractivity contribution >= 4 is 31.0 Å². The number of hydrogen-bond acceptors (Lipinski definition) is 3. The molecule has 0 saturated heterocycles. The van der Waals surface area contributed by atoms with Crippen LogP contribution in [0.5, 0.6) is 0 Å². The van der Waals surface area contributed by atoms with Crippen molar-refractivity contribution in [2.24, 2.45) is 11.8 Å². The number of carbonyl (C=O) groups excluding carboxylic acids is 1. The fourth-order valence-electron chi connectivity index (χ4n) is 1.22. The van der Waals surface area contributed by atoms with E-state index in [1.807, 2.05) is 13.8 Å². The van der Waals surface area contributed by atoms with Crippen molar-refractivity contribution in [2.75, 3.05) is 0 Å². The minimum absolute atomic E-state index is 0.142. The average Bonchev–Trinajstić information content (AvgIpc) is 1.81. The summed E-state index contributed by atoms with van der Waals surface area (Å²) < 4.78 is -0.738. The summed E-state index contributed by atoms with van der Waals surface area (Å²) in [5, 5.41) is 0. The molecule has 0 aliphatic heterocycles. The standard InChI is InChI=1S/C10H20OS2/c1-7(2)5-9(11)10(12,13)6-8(3)4/h7-8,12-13H,5-6H2,1-4H3. The maximum atomic E-state index is 11.7. The lowest BCUT2D eigenvalue weighted by atomic mass is 9.99. The lowest BCUT2D eigenvalue weighted by molar-refractivity contribution is -0.120. The second kappa shape index (κ2) is 5.30. The van der Waals surface area contributed by atoms with Crippen molar-refractivity contribution in [3.05, 3.63) is 0 Å². The van der Waals surface area contributed by atoms with Crippen molar-refractivity contribution in [1.82, 2.24) is 0 Å². The fraction of sp³-hybridized carbons (Fsp3) is 0.900. The van der Waals surface area contributed by atoms with Crippen molar-refractivity contribution in [3.63, 3.8) is 0 Å². The van der Waals surface area contributed by atoms with E-state index < -0.39 is 4.08 Å². The first kappa shape index (κ1) is 13.4. The molecule has 0 heterocycles. The molecule has 3 heteroatoms. The van der Waals surface area contributed by atoms with Crippen LogP contribution in [-0.4, -0.2) is 9.86 Å². The molecule has 0 rings (SSSR count). The quantitative estimate of drug-likeness (QED) is 0.537. The Morgan fingerprint density at radius 2 is 1.62 bits per heavy atom. The number of carbonyl (C=O) groups is 1. The summed E-state index contributed by atoms with van der Waals surface area (Å²) in [6, 6.07) is 0. The Morgan fingerprint density at radius 3 is 1.92 bits per heavy atom. The van der Waals surface area contributed by atoms with E-state index in [1.165, 1.54) is 0 Å². The van der Waals surface area contributed by atoms with Crippen molar-refractivity contribution < 1.29 is 4.79 Å². The van der Waals surface area contributed by atoms with Gasteiger partial charge in [-0.15, -0.1) is 0 Å². The van der Waals surface area contributed by atoms with E-state index in [1.54, 1.807) is 0 Å². The van der Waals surface area contributed by atoms with E-state index >= 15 is 0 Å². The summed E-state index contributed by atoms with van der Waals surface area (Å²) in [5.74, 6) is 0.979. The molecule has 0 aliphatic carbocycles. The van der Waals surface area contributed by atoms with E-state index in [-0.39, 0.29) is 5.78 Å². The lowest BCUT2D eigenvalue weighted by Crippen LogP contribution is -2.29. The highest BCUT2D eigenvalue weighted by atomic mass is 32.2. The summed E-state index contributed by atoms with van der Waals surface area (Å²) in [4.78, 5) is 11.7. The highest BCUT2D eigenvalue weighted by molar-refractivity contribution is 8.02. The zero-order chi connectivity index (χ0) is 10.6. The van der Waals surface area contributed by atoms with Crippen molar-refractivity contribution in [2.45, 2.75) is 44.6 Å². The molecule has 0 fully saturated rings. The summed E-state index contributed by atoms with van der Waals surface area (Å²) in [6.07, 6.45) is 1.30. The van der Waals surface area contributed by atoms with Gasteiger partial charge < -0.3 is 0 Å². The Balaban J connectivity index is 4.19. The maximum Gasteiger partial charge on any atom is 0.158 e. The van der Waals surface area contributed by atoms with Crippen LogP contribution in [0.4, 0.5) is 0 Å². The molecule has 0 atom stereocenters. The second-order valence-electron chi connectivity index (χ2n) is 4.44. The van der Waals surface area contributed by atoms with Gasteiger partial charge in [0.25, 0.3) is 0 Å². The minimum Gasteiger partial charge on any atom is -0.297 e. The SMILES string of the molecule is CC(C)CC(=O)C(S)(S)CC(C)C. The monoisotopic (exact) mass is 220 g/mol. The molecule has 78 valence electrons. The van der Waals surface area contributed by atoms with Gasteiger partial charge in [0.05, 0.1) is 0 Å². The minimum atomic E-state index is -0.738. The van der Waals surface area contributed by atoms with Gasteiger partial charge in [-0.1, -0.05) is 27.7 Å². The molecule has 0 amide bonds. The van der Waals surface area contributed by atoms with Crippen LogP contribution in [0.15, 0.2) is 0 Å². The third kappa shape index (κ3) is 5.63. The topological polar surface area (TPSA) is 17.1 Å². The molecular weight excluding hydrogens is 200 g/mol. The second-order valence-corrected chi connectivity index (χ2v) is 6.32. The number of hydrogen-bond donors (Lipinski definition) is 2. The predicted octanol–water partition coefficient (Wildman–Crippen LogP) is 3.20. The molecule has 0 radical (unpaired) electrons. The Kier molecular flexibility index (Phi) is 5.45. The molecule has 0 bridgehead atoms. The van der Waals surface area contributed by atoms with E-state index in [2.05, 4.69) is 39.1 Å². The van der Waals surface area contributed by atoms with Crippen LogP contribution >= 0.6 is 25.3 Å². The molecule has 0 saturated carbocycles. The zero-order valence-electron chi connectivity index (χ0n) is 8.87. The van der Waals surface area contributed by atoms with Crippen molar-refractivity contribution in [1.29, 1.82) is 0 Å². The third-order valence-electron chi connectivity index (χ3n) is 1.73. The lowest BCUT2D eigenvalue weighted by Gasteiger charge is -2.23. The molecule has 0 aromatic heterocycles. The van der Waals surface area contributed by atoms with E-state index in [9.17, 15) is 4.79 Å². The van der Waals surface area contributed by atoms with Gasteiger partial charge >= 0.3 is 0 Å². The summed E-state index contributed by atoms with van der Waals surface area (Å²) in [6.45, 7) is 8.21. The summed E-state index contributed by atoms with van der Waals surface area (Å²) in [7, 11) is 0. The third-order valence-corrected chi connectivity index (χ3v) is 2.60. The van der Waals surface area contributed by atoms with Gasteiger partial charge in [-0.25, -0.2) is 0 Å². The van der Waals surface area contributed by atoms with E-state index in [4.69, 9.17) is 0 Å². The first-order valence-electron chi connectivity index (χ1n) is 4.73. The largest absolute Gasteiger partial charge is 0.297 e. The molecular formula is C10H20OS2. The summed E-state index contributed by atoms with van der Waals surface area (Å²) >= 11 is 8.62. The molecule has 0 unspecified atom stereocenters. The van der Waals surface area contributed by atoms with Crippen LogP contribution in [0.1, 0.15) is 40.5 Å². The first-order chi connectivity index (χ1) is 5.75. The van der Waals surface area contributed by atoms with Crippen LogP contribution in [0, 0.1) is 11.8 Å². The number of ketones is 1. The zero-order valence-corrected chi connectivity index (χ0v) is 10.7. The number of thiol groups is 2. The molecule has 0 spiro atoms. The highest BCUT2D eigenvalue weighted by Crippen LogP contribution is 2.31. The van der Waals surface area contributed by atoms with Gasteiger partial charge in [-0.2, -0.15) is 25.3 Å². The summed E-state index contributed by atoms with van der Waals surface area (Å²) in [5.41, 5.74) is 0. The molecule has 0 aromatic rings. The van der Waals surface area contributed by atoms with Crippen LogP contribution in [0.3, 0.4) is 0 Å². The van der Waals surface area contributed by atoms with Crippen molar-refractivity contribution in [3.8, 4) is 0 Å². The Bertz CT molecular complexity index is 174. The Hall–Kier alpha value is 0.370. The normalized spacial score (nSPS) is 12.6. The molecule has 0 aromatic carbocycles. The molecule has 0 aliphatic rings. The number of rotatable bonds is 5. The van der Waals surface area contributed by atoms with Crippen LogP contribution in [-0.2, 0) is 4.79 Å². The first-order valence-corrected chi connectivity index (χ1v) is 5.63. The van der Waals surface area contributed by atoms with Gasteiger partial charge in [-0.05, 0) is 18.3 Å². The molecule has 1 nitrogen and oxygen atoms in total. The smallest absolute Gasteiger partial charge is 0.158 e. The predicted molar refractivity (Wildman–Crippen MR) is 64.6 cm³/mol. The van der Waals surface area contributed by atoms with Crippen LogP contribution < -0.4 is 0 Å². The maximum absolute atomic E-state index is 11.7. The Labute approximate surface area is 92.5 Å². The number of Topliss-reactive ketones (excluding diaryl/α,β-unsaturated/α-hetero) is 1. The Morgan fingerprint density at radius 1 is 1.15 bits per heavy atom. The van der Waals surface area contributed by atoms with E-state index in [0.29, 0.717) is 18.3 Å². The van der Waals surface area contributed by atoms with Crippen LogP contribution in [0.2, 0.25) is 0 Å². The van der Waals surface area contributed by atoms with Gasteiger partial charge in [0, 0.05) is 6.42 Å². The fourth-order valence-corrected chi connectivity index (χ4v) is 2.13. The molecule has 0 N–H and O–H groups in total. The van der Waals surface area contributed by atoms with Gasteiger partial charge in [0.15, 0.2) is 5.78 Å².